The van der Waals surface area contributed by atoms with E-state index in [4.69, 9.17) is 4.74 Å². The molecule has 2 aromatic rings. The number of hydrogen-bond donors (Lipinski definition) is 1. The minimum absolute atomic E-state index is 0.705. The van der Waals surface area contributed by atoms with Gasteiger partial charge in [-0.1, -0.05) is 24.3 Å². The Hall–Kier alpha value is -2.03. The van der Waals surface area contributed by atoms with Crippen LogP contribution in [0.3, 0.4) is 0 Å². The van der Waals surface area contributed by atoms with Crippen molar-refractivity contribution in [3.05, 3.63) is 54.4 Å². The molecule has 0 radical (unpaired) electrons. The van der Waals surface area contributed by atoms with E-state index in [1.165, 1.54) is 5.56 Å². The first kappa shape index (κ1) is 9.52. The minimum atomic E-state index is 0.705. The Morgan fingerprint density at radius 3 is 2.80 bits per heavy atom. The maximum Gasteiger partial charge on any atom is 0.126 e. The molecule has 1 aromatic heterocycles. The van der Waals surface area contributed by atoms with E-state index in [2.05, 4.69) is 16.3 Å². The summed E-state index contributed by atoms with van der Waals surface area (Å²) in [6.45, 7) is 0.705. The van der Waals surface area contributed by atoms with Crippen molar-refractivity contribution in [3.63, 3.8) is 0 Å². The summed E-state index contributed by atoms with van der Waals surface area (Å²) in [7, 11) is 0. The van der Waals surface area contributed by atoms with Gasteiger partial charge in [0.25, 0.3) is 0 Å². The summed E-state index contributed by atoms with van der Waals surface area (Å²) < 4.78 is 5.34. The lowest BCUT2D eigenvalue weighted by Gasteiger charge is -2.10. The molecule has 3 heteroatoms. The molecule has 3 rings (SSSR count). The van der Waals surface area contributed by atoms with E-state index in [1.54, 1.807) is 12.4 Å². The zero-order chi connectivity index (χ0) is 10.3. The van der Waals surface area contributed by atoms with Gasteiger partial charge in [-0.2, -0.15) is 5.10 Å². The number of aromatic nitrogens is 2. The highest BCUT2D eigenvalue weighted by Gasteiger charge is 2.01. The van der Waals surface area contributed by atoms with Crippen LogP contribution in [0, 0.1) is 0 Å². The minimum Gasteiger partial charge on any atom is -0.489 e. The van der Waals surface area contributed by atoms with Crippen molar-refractivity contribution in [2.75, 3.05) is 6.61 Å². The van der Waals surface area contributed by atoms with Crippen LogP contribution in [0.15, 0.2) is 48.8 Å². The molecule has 2 heterocycles. The molecule has 0 aliphatic carbocycles. The van der Waals surface area contributed by atoms with Crippen molar-refractivity contribution in [1.82, 2.24) is 10.2 Å². The molecule has 1 aromatic carbocycles. The predicted octanol–water partition coefficient (Wildman–Crippen LogP) is 2.50. The number of ether oxygens (including phenoxy) is 1. The molecule has 0 spiro atoms. The molecular formula is C12H12N2O. The first-order chi connectivity index (χ1) is 7.47. The first-order valence-corrected chi connectivity index (χ1v) is 4.79. The number of fused-ring (bicyclic) bond motifs is 1. The lowest BCUT2D eigenvalue weighted by Crippen LogP contribution is -1.98. The molecule has 0 saturated carbocycles. The molecule has 76 valence electrons. The van der Waals surface area contributed by atoms with Crippen LogP contribution in [0.2, 0.25) is 0 Å². The van der Waals surface area contributed by atoms with Crippen LogP contribution in [0.4, 0.5) is 0 Å². The lowest BCUT2D eigenvalue weighted by molar-refractivity contribution is 0.358. The number of nitrogens with zero attached hydrogens (tertiary/aromatic N) is 1. The predicted molar refractivity (Wildman–Crippen MR) is 59.6 cm³/mol. The van der Waals surface area contributed by atoms with E-state index in [0.717, 1.165) is 5.75 Å². The normalized spacial score (nSPS) is 12.0. The van der Waals surface area contributed by atoms with Gasteiger partial charge in [0.2, 0.25) is 0 Å². The van der Waals surface area contributed by atoms with Crippen molar-refractivity contribution < 1.29 is 4.74 Å². The van der Waals surface area contributed by atoms with E-state index in [1.807, 2.05) is 36.4 Å². The van der Waals surface area contributed by atoms with Crippen molar-refractivity contribution in [3.8, 4) is 5.75 Å². The third-order valence-electron chi connectivity index (χ3n) is 1.96. The molecule has 0 atom stereocenters. The van der Waals surface area contributed by atoms with E-state index < -0.39 is 0 Å². The first-order valence-electron chi connectivity index (χ1n) is 4.79. The van der Waals surface area contributed by atoms with Gasteiger partial charge >= 0.3 is 0 Å². The maximum absolute atomic E-state index is 5.34. The summed E-state index contributed by atoms with van der Waals surface area (Å²) in [6.07, 6.45) is 7.56. The SMILES string of the molecule is C1=Cc2ccccc2OC1.c1cn[nH]c1. The summed E-state index contributed by atoms with van der Waals surface area (Å²) in [4.78, 5) is 0. The average Bonchev–Trinajstić information content (AvgIpc) is 2.88. The fourth-order valence-electron chi connectivity index (χ4n) is 1.28. The van der Waals surface area contributed by atoms with Crippen molar-refractivity contribution in [2.45, 2.75) is 0 Å². The molecule has 0 saturated heterocycles. The van der Waals surface area contributed by atoms with Crippen molar-refractivity contribution in [1.29, 1.82) is 0 Å². The van der Waals surface area contributed by atoms with Gasteiger partial charge in [0.05, 0.1) is 0 Å². The lowest BCUT2D eigenvalue weighted by atomic mass is 10.1. The molecule has 0 amide bonds. The van der Waals surface area contributed by atoms with Crippen LogP contribution in [0.25, 0.3) is 6.08 Å². The van der Waals surface area contributed by atoms with Gasteiger partial charge in [0, 0.05) is 18.0 Å². The number of hydrogen-bond acceptors (Lipinski definition) is 2. The van der Waals surface area contributed by atoms with E-state index >= 15 is 0 Å². The fourth-order valence-corrected chi connectivity index (χ4v) is 1.28. The van der Waals surface area contributed by atoms with Gasteiger partial charge in [0.1, 0.15) is 12.4 Å². The molecule has 15 heavy (non-hydrogen) atoms. The Morgan fingerprint density at radius 1 is 1.20 bits per heavy atom. The maximum atomic E-state index is 5.34. The van der Waals surface area contributed by atoms with Gasteiger partial charge in [-0.25, -0.2) is 0 Å². The third kappa shape index (κ3) is 2.71. The van der Waals surface area contributed by atoms with E-state index in [0.29, 0.717) is 6.61 Å². The summed E-state index contributed by atoms with van der Waals surface area (Å²) in [6, 6.07) is 9.86. The molecular weight excluding hydrogens is 188 g/mol. The smallest absolute Gasteiger partial charge is 0.126 e. The number of H-pyrrole nitrogens is 1. The van der Waals surface area contributed by atoms with Gasteiger partial charge in [-0.3, -0.25) is 5.10 Å². The number of rotatable bonds is 0. The van der Waals surface area contributed by atoms with Gasteiger partial charge in [-0.05, 0) is 18.2 Å². The Morgan fingerprint density at radius 2 is 2.13 bits per heavy atom. The van der Waals surface area contributed by atoms with Crippen molar-refractivity contribution in [2.24, 2.45) is 0 Å². The van der Waals surface area contributed by atoms with Crippen LogP contribution in [-0.4, -0.2) is 16.8 Å². The molecule has 0 unspecified atom stereocenters. The Labute approximate surface area is 88.4 Å². The largest absolute Gasteiger partial charge is 0.489 e. The molecule has 1 aliphatic rings. The summed E-state index contributed by atoms with van der Waals surface area (Å²) in [5, 5.41) is 6.21. The van der Waals surface area contributed by atoms with Crippen LogP contribution >= 0.6 is 0 Å². The van der Waals surface area contributed by atoms with E-state index in [-0.39, 0.29) is 0 Å². The Kier molecular flexibility index (Phi) is 3.18. The second-order valence-electron chi connectivity index (χ2n) is 3.02. The number of para-hydroxylation sites is 1. The molecule has 1 N–H and O–H groups in total. The number of aromatic amines is 1. The van der Waals surface area contributed by atoms with Crippen LogP contribution in [-0.2, 0) is 0 Å². The summed E-state index contributed by atoms with van der Waals surface area (Å²) >= 11 is 0. The molecule has 1 aliphatic heterocycles. The van der Waals surface area contributed by atoms with Gasteiger partial charge < -0.3 is 4.74 Å². The quantitative estimate of drug-likeness (QED) is 0.709. The summed E-state index contributed by atoms with van der Waals surface area (Å²) in [5.74, 6) is 0.991. The second-order valence-corrected chi connectivity index (χ2v) is 3.02. The monoisotopic (exact) mass is 200 g/mol. The highest BCUT2D eigenvalue weighted by Crippen LogP contribution is 2.21. The Balaban J connectivity index is 0.000000144. The standard InChI is InChI=1S/C9H8O.C3H4N2/c1-2-6-9-8(4-1)5-3-7-10-9;1-2-4-5-3-1/h1-6H,7H2;1-3H,(H,4,5). The molecule has 3 nitrogen and oxygen atoms in total. The van der Waals surface area contributed by atoms with Gasteiger partial charge in [0.15, 0.2) is 0 Å². The zero-order valence-corrected chi connectivity index (χ0v) is 8.26. The van der Waals surface area contributed by atoms with Gasteiger partial charge in [-0.15, -0.1) is 0 Å². The Bertz CT molecular complexity index is 404. The van der Waals surface area contributed by atoms with Crippen molar-refractivity contribution >= 4 is 6.08 Å². The number of benzene rings is 1. The summed E-state index contributed by atoms with van der Waals surface area (Å²) in [5.41, 5.74) is 1.17. The topological polar surface area (TPSA) is 37.9 Å². The highest BCUT2D eigenvalue weighted by atomic mass is 16.5. The number of nitrogens with one attached hydrogen (secondary N) is 1. The highest BCUT2D eigenvalue weighted by molar-refractivity contribution is 5.58. The second kappa shape index (κ2) is 5.00. The van der Waals surface area contributed by atoms with Crippen LogP contribution in [0.1, 0.15) is 5.56 Å². The van der Waals surface area contributed by atoms with E-state index in [9.17, 15) is 0 Å². The third-order valence-corrected chi connectivity index (χ3v) is 1.96. The van der Waals surface area contributed by atoms with Crippen LogP contribution in [0.5, 0.6) is 5.75 Å². The van der Waals surface area contributed by atoms with Crippen LogP contribution < -0.4 is 4.74 Å². The zero-order valence-electron chi connectivity index (χ0n) is 8.26. The molecule has 0 bridgehead atoms. The average molecular weight is 200 g/mol. The molecule has 0 fully saturated rings. The fraction of sp³-hybridized carbons (Fsp3) is 0.0833.